The molecule has 106 valence electrons. The van der Waals surface area contributed by atoms with Crippen LogP contribution in [0, 0.1) is 11.6 Å². The maximum Gasteiger partial charge on any atom is 0.131 e. The lowest BCUT2D eigenvalue weighted by Gasteiger charge is -2.20. The predicted octanol–water partition coefficient (Wildman–Crippen LogP) is 4.21. The molecule has 0 radical (unpaired) electrons. The Hall–Kier alpha value is -1.33. The van der Waals surface area contributed by atoms with Crippen LogP contribution in [0.5, 0.6) is 0 Å². The molecule has 0 aliphatic rings. The van der Waals surface area contributed by atoms with Crippen molar-refractivity contribution in [2.45, 2.75) is 19.4 Å². The van der Waals surface area contributed by atoms with Crippen LogP contribution in [0.3, 0.4) is 0 Å². The van der Waals surface area contributed by atoms with Crippen LogP contribution in [-0.2, 0) is 0 Å². The maximum absolute atomic E-state index is 14.0. The molecule has 2 nitrogen and oxygen atoms in total. The molecule has 1 aromatic carbocycles. The van der Waals surface area contributed by atoms with E-state index < -0.39 is 17.7 Å². The van der Waals surface area contributed by atoms with Gasteiger partial charge in [0, 0.05) is 22.3 Å². The second kappa shape index (κ2) is 6.90. The van der Waals surface area contributed by atoms with Gasteiger partial charge in [-0.2, -0.15) is 0 Å². The molecule has 1 N–H and O–H groups in total. The van der Waals surface area contributed by atoms with Crippen LogP contribution in [0.4, 0.5) is 8.78 Å². The summed E-state index contributed by atoms with van der Waals surface area (Å²) in [5.41, 5.74) is 1.07. The Labute approximate surface area is 125 Å². The van der Waals surface area contributed by atoms with Crippen molar-refractivity contribution >= 4 is 15.9 Å². The number of hydrogen-bond donors (Lipinski definition) is 1. The van der Waals surface area contributed by atoms with Gasteiger partial charge in [0.15, 0.2) is 0 Å². The number of hydrogen-bond acceptors (Lipinski definition) is 2. The van der Waals surface area contributed by atoms with E-state index in [2.05, 4.69) is 26.2 Å². The zero-order chi connectivity index (χ0) is 14.5. The van der Waals surface area contributed by atoms with E-state index in [1.165, 1.54) is 12.1 Å². The number of pyridine rings is 1. The highest BCUT2D eigenvalue weighted by Crippen LogP contribution is 2.28. The lowest BCUT2D eigenvalue weighted by Crippen LogP contribution is -2.25. The molecule has 5 heteroatoms. The third kappa shape index (κ3) is 3.41. The van der Waals surface area contributed by atoms with Gasteiger partial charge in [0.05, 0.1) is 11.7 Å². The van der Waals surface area contributed by atoms with Crippen LogP contribution in [0.25, 0.3) is 0 Å². The Bertz CT molecular complexity index is 590. The highest BCUT2D eigenvalue weighted by molar-refractivity contribution is 9.10. The Morgan fingerprint density at radius 3 is 2.75 bits per heavy atom. The first-order chi connectivity index (χ1) is 9.63. The molecule has 0 saturated carbocycles. The topological polar surface area (TPSA) is 24.9 Å². The van der Waals surface area contributed by atoms with E-state index in [0.29, 0.717) is 17.8 Å². The summed E-state index contributed by atoms with van der Waals surface area (Å²) in [5, 5.41) is 3.25. The molecule has 2 rings (SSSR count). The van der Waals surface area contributed by atoms with Crippen molar-refractivity contribution in [3.05, 3.63) is 63.9 Å². The SMILES string of the molecule is CCCNC(c1ccc(F)cc1F)c1ncccc1Br. The smallest absolute Gasteiger partial charge is 0.131 e. The van der Waals surface area contributed by atoms with Gasteiger partial charge in [-0.3, -0.25) is 4.98 Å². The zero-order valence-electron chi connectivity index (χ0n) is 11.0. The van der Waals surface area contributed by atoms with Crippen molar-refractivity contribution in [3.8, 4) is 0 Å². The largest absolute Gasteiger partial charge is 0.305 e. The molecular weight excluding hydrogens is 326 g/mol. The van der Waals surface area contributed by atoms with Gasteiger partial charge < -0.3 is 5.32 Å². The van der Waals surface area contributed by atoms with Crippen molar-refractivity contribution in [1.82, 2.24) is 10.3 Å². The molecule has 0 saturated heterocycles. The van der Waals surface area contributed by atoms with E-state index >= 15 is 0 Å². The Morgan fingerprint density at radius 1 is 1.30 bits per heavy atom. The standard InChI is InChI=1S/C15H15BrF2N2/c1-2-7-19-14(15-12(16)4-3-8-20-15)11-6-5-10(17)9-13(11)18/h3-6,8-9,14,19H,2,7H2,1H3. The molecule has 1 heterocycles. The second-order valence-corrected chi connectivity index (χ2v) is 5.28. The van der Waals surface area contributed by atoms with Gasteiger partial charge in [0.2, 0.25) is 0 Å². The Balaban J connectivity index is 2.44. The predicted molar refractivity (Wildman–Crippen MR) is 78.4 cm³/mol. The van der Waals surface area contributed by atoms with Crippen molar-refractivity contribution < 1.29 is 8.78 Å². The second-order valence-electron chi connectivity index (χ2n) is 4.42. The van der Waals surface area contributed by atoms with Gasteiger partial charge in [-0.05, 0) is 47.1 Å². The highest BCUT2D eigenvalue weighted by atomic mass is 79.9. The van der Waals surface area contributed by atoms with Crippen molar-refractivity contribution in [2.75, 3.05) is 6.54 Å². The number of nitrogens with zero attached hydrogens (tertiary/aromatic N) is 1. The molecule has 0 spiro atoms. The van der Waals surface area contributed by atoms with Crippen LogP contribution in [0.15, 0.2) is 41.0 Å². The van der Waals surface area contributed by atoms with E-state index in [1.54, 1.807) is 12.3 Å². The average Bonchev–Trinajstić information content (AvgIpc) is 2.42. The van der Waals surface area contributed by atoms with Crippen LogP contribution in [0.2, 0.25) is 0 Å². The number of nitrogens with one attached hydrogen (secondary N) is 1. The monoisotopic (exact) mass is 340 g/mol. The van der Waals surface area contributed by atoms with Gasteiger partial charge in [0.1, 0.15) is 11.6 Å². The lowest BCUT2D eigenvalue weighted by atomic mass is 10.0. The highest BCUT2D eigenvalue weighted by Gasteiger charge is 2.21. The number of benzene rings is 1. The van der Waals surface area contributed by atoms with Gasteiger partial charge in [-0.15, -0.1) is 0 Å². The Kier molecular flexibility index (Phi) is 5.20. The van der Waals surface area contributed by atoms with E-state index in [0.717, 1.165) is 17.0 Å². The first kappa shape index (κ1) is 15.1. The van der Waals surface area contributed by atoms with E-state index in [-0.39, 0.29) is 0 Å². The third-order valence-electron chi connectivity index (χ3n) is 2.93. The number of aromatic nitrogens is 1. The number of halogens is 3. The summed E-state index contributed by atoms with van der Waals surface area (Å²) in [6, 6.07) is 6.85. The summed E-state index contributed by atoms with van der Waals surface area (Å²) >= 11 is 3.43. The molecule has 1 atom stereocenters. The molecule has 1 aromatic heterocycles. The zero-order valence-corrected chi connectivity index (χ0v) is 12.6. The van der Waals surface area contributed by atoms with Crippen LogP contribution in [-0.4, -0.2) is 11.5 Å². The van der Waals surface area contributed by atoms with Crippen LogP contribution < -0.4 is 5.32 Å². The molecule has 0 aliphatic heterocycles. The van der Waals surface area contributed by atoms with Crippen molar-refractivity contribution in [1.29, 1.82) is 0 Å². The van der Waals surface area contributed by atoms with Gasteiger partial charge in [-0.1, -0.05) is 13.0 Å². The van der Waals surface area contributed by atoms with Crippen LogP contribution >= 0.6 is 15.9 Å². The summed E-state index contributed by atoms with van der Waals surface area (Å²) in [6.07, 6.45) is 2.56. The van der Waals surface area contributed by atoms with E-state index in [9.17, 15) is 8.78 Å². The summed E-state index contributed by atoms with van der Waals surface area (Å²) in [7, 11) is 0. The fraction of sp³-hybridized carbons (Fsp3) is 0.267. The fourth-order valence-corrected chi connectivity index (χ4v) is 2.47. The molecule has 0 amide bonds. The molecule has 1 unspecified atom stereocenters. The minimum atomic E-state index is -0.583. The normalized spacial score (nSPS) is 12.4. The summed E-state index contributed by atoms with van der Waals surface area (Å²) in [5.74, 6) is -1.16. The maximum atomic E-state index is 14.0. The minimum Gasteiger partial charge on any atom is -0.305 e. The molecule has 0 aliphatic carbocycles. The third-order valence-corrected chi connectivity index (χ3v) is 3.60. The summed E-state index contributed by atoms with van der Waals surface area (Å²) in [6.45, 7) is 2.74. The van der Waals surface area contributed by atoms with Gasteiger partial charge in [0.25, 0.3) is 0 Å². The molecule has 0 bridgehead atoms. The molecule has 2 aromatic rings. The van der Waals surface area contributed by atoms with Crippen molar-refractivity contribution in [3.63, 3.8) is 0 Å². The molecule has 0 fully saturated rings. The van der Waals surface area contributed by atoms with Crippen molar-refractivity contribution in [2.24, 2.45) is 0 Å². The van der Waals surface area contributed by atoms with E-state index in [4.69, 9.17) is 0 Å². The van der Waals surface area contributed by atoms with Gasteiger partial charge in [-0.25, -0.2) is 8.78 Å². The Morgan fingerprint density at radius 2 is 2.10 bits per heavy atom. The summed E-state index contributed by atoms with van der Waals surface area (Å²) in [4.78, 5) is 4.30. The lowest BCUT2D eigenvalue weighted by molar-refractivity contribution is 0.526. The number of rotatable bonds is 5. The van der Waals surface area contributed by atoms with Gasteiger partial charge >= 0.3 is 0 Å². The fourth-order valence-electron chi connectivity index (χ4n) is 1.99. The first-order valence-corrected chi connectivity index (χ1v) is 7.21. The average molecular weight is 341 g/mol. The summed E-state index contributed by atoms with van der Waals surface area (Å²) < 4.78 is 27.9. The first-order valence-electron chi connectivity index (χ1n) is 6.42. The minimum absolute atomic E-state index is 0.388. The quantitative estimate of drug-likeness (QED) is 0.881. The van der Waals surface area contributed by atoms with E-state index in [1.807, 2.05) is 13.0 Å². The van der Waals surface area contributed by atoms with Crippen LogP contribution in [0.1, 0.15) is 30.6 Å². The molecule has 20 heavy (non-hydrogen) atoms. The molecular formula is C15H15BrF2N2.